The summed E-state index contributed by atoms with van der Waals surface area (Å²) >= 11 is 0. The van der Waals surface area contributed by atoms with Crippen molar-refractivity contribution in [3.63, 3.8) is 0 Å². The van der Waals surface area contributed by atoms with Crippen LogP contribution in [0, 0.1) is 5.41 Å². The Kier molecular flexibility index (Phi) is 5.83. The molecule has 0 heterocycles. The van der Waals surface area contributed by atoms with Crippen molar-refractivity contribution in [2.45, 2.75) is 26.7 Å². The van der Waals surface area contributed by atoms with Crippen LogP contribution in [-0.4, -0.2) is 31.2 Å². The largest absolute Gasteiger partial charge is 0.396 e. The number of rotatable bonds is 7. The molecule has 0 aliphatic heterocycles. The zero-order chi connectivity index (χ0) is 14.3. The minimum Gasteiger partial charge on any atom is -0.396 e. The molecule has 0 fully saturated rings. The van der Waals surface area contributed by atoms with Crippen LogP contribution in [0.25, 0.3) is 0 Å². The lowest BCUT2D eigenvalue weighted by Gasteiger charge is -2.29. The number of carbonyl (C=O) groups excluding carboxylic acids is 1. The molecule has 1 aromatic rings. The monoisotopic (exact) mass is 264 g/mol. The van der Waals surface area contributed by atoms with Gasteiger partial charge in [0.15, 0.2) is 0 Å². The molecular formula is C15H24N2O2. The van der Waals surface area contributed by atoms with Crippen molar-refractivity contribution < 1.29 is 9.90 Å². The molecule has 0 spiro atoms. The van der Waals surface area contributed by atoms with Gasteiger partial charge in [0, 0.05) is 24.7 Å². The predicted octanol–water partition coefficient (Wildman–Crippen LogP) is 2.26. The molecule has 4 heteroatoms. The second kappa shape index (κ2) is 7.14. The highest BCUT2D eigenvalue weighted by molar-refractivity contribution is 5.99. The molecule has 0 aliphatic carbocycles. The van der Waals surface area contributed by atoms with Gasteiger partial charge in [-0.1, -0.05) is 26.0 Å². The van der Waals surface area contributed by atoms with E-state index >= 15 is 0 Å². The van der Waals surface area contributed by atoms with Gasteiger partial charge < -0.3 is 15.7 Å². The van der Waals surface area contributed by atoms with Crippen LogP contribution in [0.5, 0.6) is 0 Å². The summed E-state index contributed by atoms with van der Waals surface area (Å²) in [6, 6.07) is 7.39. The molecule has 0 saturated heterocycles. The number of hydrogen-bond donors (Lipinski definition) is 3. The first-order chi connectivity index (χ1) is 9.12. The lowest BCUT2D eigenvalue weighted by atomic mass is 9.83. The standard InChI is InChI=1S/C15H24N2O2/c1-4-15(5-2,11-18)10-17-14(19)12-8-6-7-9-13(12)16-3/h6-9,16,18H,4-5,10-11H2,1-3H3,(H,17,19). The van der Waals surface area contributed by atoms with E-state index in [0.29, 0.717) is 12.1 Å². The highest BCUT2D eigenvalue weighted by Crippen LogP contribution is 2.24. The molecule has 0 radical (unpaired) electrons. The van der Waals surface area contributed by atoms with Gasteiger partial charge in [-0.15, -0.1) is 0 Å². The summed E-state index contributed by atoms with van der Waals surface area (Å²) in [6.45, 7) is 4.65. The molecule has 1 amide bonds. The Balaban J connectivity index is 2.75. The molecule has 0 atom stereocenters. The van der Waals surface area contributed by atoms with Crippen LogP contribution >= 0.6 is 0 Å². The lowest BCUT2D eigenvalue weighted by Crippen LogP contribution is -2.39. The molecule has 19 heavy (non-hydrogen) atoms. The van der Waals surface area contributed by atoms with Crippen LogP contribution in [0.4, 0.5) is 5.69 Å². The first kappa shape index (κ1) is 15.5. The average Bonchev–Trinajstić information content (AvgIpc) is 2.49. The summed E-state index contributed by atoms with van der Waals surface area (Å²) in [4.78, 5) is 12.2. The summed E-state index contributed by atoms with van der Waals surface area (Å²) < 4.78 is 0. The van der Waals surface area contributed by atoms with Gasteiger partial charge in [0.05, 0.1) is 12.2 Å². The SMILES string of the molecule is CCC(CC)(CO)CNC(=O)c1ccccc1NC. The highest BCUT2D eigenvalue weighted by Gasteiger charge is 2.26. The number of aliphatic hydroxyl groups is 1. The summed E-state index contributed by atoms with van der Waals surface area (Å²) in [7, 11) is 1.79. The summed E-state index contributed by atoms with van der Waals surface area (Å²) in [5, 5.41) is 15.4. The van der Waals surface area contributed by atoms with E-state index < -0.39 is 0 Å². The summed E-state index contributed by atoms with van der Waals surface area (Å²) in [5.74, 6) is -0.107. The normalized spacial score (nSPS) is 11.2. The zero-order valence-corrected chi connectivity index (χ0v) is 12.0. The van der Waals surface area contributed by atoms with Crippen LogP contribution in [0.15, 0.2) is 24.3 Å². The van der Waals surface area contributed by atoms with Crippen molar-refractivity contribution in [2.24, 2.45) is 5.41 Å². The van der Waals surface area contributed by atoms with Crippen molar-refractivity contribution in [3.05, 3.63) is 29.8 Å². The fourth-order valence-corrected chi connectivity index (χ4v) is 2.04. The first-order valence-corrected chi connectivity index (χ1v) is 6.78. The average molecular weight is 264 g/mol. The number of anilines is 1. The summed E-state index contributed by atoms with van der Waals surface area (Å²) in [5.41, 5.74) is 1.22. The van der Waals surface area contributed by atoms with Gasteiger partial charge >= 0.3 is 0 Å². The molecular weight excluding hydrogens is 240 g/mol. The van der Waals surface area contributed by atoms with E-state index in [0.717, 1.165) is 18.5 Å². The third-order valence-corrected chi connectivity index (χ3v) is 3.90. The van der Waals surface area contributed by atoms with Gasteiger partial charge in [-0.2, -0.15) is 0 Å². The van der Waals surface area contributed by atoms with E-state index in [1.807, 2.05) is 32.0 Å². The Morgan fingerprint density at radius 1 is 1.26 bits per heavy atom. The van der Waals surface area contributed by atoms with Crippen molar-refractivity contribution in [1.82, 2.24) is 5.32 Å². The van der Waals surface area contributed by atoms with E-state index in [1.54, 1.807) is 13.1 Å². The topological polar surface area (TPSA) is 61.4 Å². The molecule has 1 aromatic carbocycles. The maximum absolute atomic E-state index is 12.2. The predicted molar refractivity (Wildman–Crippen MR) is 78.4 cm³/mol. The van der Waals surface area contributed by atoms with Crippen LogP contribution in [0.3, 0.4) is 0 Å². The van der Waals surface area contributed by atoms with Crippen LogP contribution in [0.1, 0.15) is 37.0 Å². The summed E-state index contributed by atoms with van der Waals surface area (Å²) in [6.07, 6.45) is 1.68. The van der Waals surface area contributed by atoms with Crippen molar-refractivity contribution >= 4 is 11.6 Å². The molecule has 4 nitrogen and oxygen atoms in total. The maximum Gasteiger partial charge on any atom is 0.253 e. The van der Waals surface area contributed by atoms with Crippen LogP contribution < -0.4 is 10.6 Å². The number of aliphatic hydroxyl groups excluding tert-OH is 1. The zero-order valence-electron chi connectivity index (χ0n) is 12.0. The highest BCUT2D eigenvalue weighted by atomic mass is 16.3. The van der Waals surface area contributed by atoms with Gasteiger partial charge in [-0.3, -0.25) is 4.79 Å². The first-order valence-electron chi connectivity index (χ1n) is 6.78. The Hall–Kier alpha value is -1.55. The Labute approximate surface area is 115 Å². The van der Waals surface area contributed by atoms with E-state index in [9.17, 15) is 9.90 Å². The molecule has 0 aliphatic rings. The Bertz CT molecular complexity index is 406. The number of carbonyl (C=O) groups is 1. The second-order valence-electron chi connectivity index (χ2n) is 4.84. The van der Waals surface area contributed by atoms with Gasteiger partial charge in [0.25, 0.3) is 5.91 Å². The fraction of sp³-hybridized carbons (Fsp3) is 0.533. The number of hydrogen-bond acceptors (Lipinski definition) is 3. The molecule has 0 bridgehead atoms. The van der Waals surface area contributed by atoms with Crippen molar-refractivity contribution in [1.29, 1.82) is 0 Å². The van der Waals surface area contributed by atoms with Gasteiger partial charge in [0.2, 0.25) is 0 Å². The van der Waals surface area contributed by atoms with Crippen molar-refractivity contribution in [2.75, 3.05) is 25.5 Å². The molecule has 0 unspecified atom stereocenters. The van der Waals surface area contributed by atoms with Gasteiger partial charge in [0.1, 0.15) is 0 Å². The van der Waals surface area contributed by atoms with Crippen LogP contribution in [-0.2, 0) is 0 Å². The van der Waals surface area contributed by atoms with E-state index in [4.69, 9.17) is 0 Å². The Morgan fingerprint density at radius 3 is 2.42 bits per heavy atom. The lowest BCUT2D eigenvalue weighted by molar-refractivity contribution is 0.0852. The Morgan fingerprint density at radius 2 is 1.89 bits per heavy atom. The number of nitrogens with one attached hydrogen (secondary N) is 2. The molecule has 1 rings (SSSR count). The molecule has 106 valence electrons. The smallest absolute Gasteiger partial charge is 0.253 e. The minimum absolute atomic E-state index is 0.0912. The van der Waals surface area contributed by atoms with Crippen molar-refractivity contribution in [3.8, 4) is 0 Å². The van der Waals surface area contributed by atoms with E-state index in [2.05, 4.69) is 10.6 Å². The third-order valence-electron chi connectivity index (χ3n) is 3.90. The number of benzene rings is 1. The minimum atomic E-state index is -0.218. The van der Waals surface area contributed by atoms with E-state index in [1.165, 1.54) is 0 Å². The van der Waals surface area contributed by atoms with E-state index in [-0.39, 0.29) is 17.9 Å². The molecule has 3 N–H and O–H groups in total. The van der Waals surface area contributed by atoms with Gasteiger partial charge in [-0.25, -0.2) is 0 Å². The van der Waals surface area contributed by atoms with Crippen LogP contribution in [0.2, 0.25) is 0 Å². The fourth-order valence-electron chi connectivity index (χ4n) is 2.04. The van der Waals surface area contributed by atoms with Gasteiger partial charge in [-0.05, 0) is 25.0 Å². The molecule has 0 saturated carbocycles. The molecule has 0 aromatic heterocycles. The maximum atomic E-state index is 12.2. The number of amides is 1. The second-order valence-corrected chi connectivity index (χ2v) is 4.84. The number of para-hydroxylation sites is 1. The quantitative estimate of drug-likeness (QED) is 0.708. The third kappa shape index (κ3) is 3.70.